The summed E-state index contributed by atoms with van der Waals surface area (Å²) in [7, 11) is -1.81. The number of hydrogen-bond acceptors (Lipinski definition) is 3. The van der Waals surface area contributed by atoms with Crippen LogP contribution in [0.3, 0.4) is 0 Å². The van der Waals surface area contributed by atoms with Crippen molar-refractivity contribution in [2.24, 2.45) is 0 Å². The maximum Gasteiger partial charge on any atom is 0.311 e. The number of carbonyl (C=O) groups is 1. The second-order valence-corrected chi connectivity index (χ2v) is 2.82. The van der Waals surface area contributed by atoms with E-state index in [1.807, 2.05) is 0 Å². The minimum atomic E-state index is -1.81. The van der Waals surface area contributed by atoms with Gasteiger partial charge in [0, 0.05) is 0 Å². The van der Waals surface area contributed by atoms with Gasteiger partial charge in [0.15, 0.2) is 6.35 Å². The van der Waals surface area contributed by atoms with Crippen LogP contribution in [0.4, 0.5) is 0 Å². The largest absolute Gasteiger partial charge is 0.629 e. The van der Waals surface area contributed by atoms with Gasteiger partial charge < -0.3 is 15.1 Å². The fraction of sp³-hybridized carbons (Fsp3) is 0.500. The monoisotopic (exact) mass is 150 g/mol. The summed E-state index contributed by atoms with van der Waals surface area (Å²) < 4.78 is 0. The molecule has 0 amide bonds. The Morgan fingerprint density at radius 3 is 2.67 bits per heavy atom. The molecule has 0 aromatic heterocycles. The Hall–Kier alpha value is -0.440. The predicted octanol–water partition coefficient (Wildman–Crippen LogP) is -1.03. The highest BCUT2D eigenvalue weighted by Crippen LogP contribution is 2.05. The molecule has 0 aromatic carbocycles. The highest BCUT2D eigenvalue weighted by Gasteiger charge is 1.96. The average Bonchev–Trinajstić information content (AvgIpc) is 1.83. The minimum Gasteiger partial charge on any atom is -0.629 e. The Morgan fingerprint density at radius 1 is 1.78 bits per heavy atom. The molecule has 0 radical (unpaired) electrons. The molecule has 9 heavy (non-hydrogen) atoms. The van der Waals surface area contributed by atoms with E-state index >= 15 is 0 Å². The number of carboxylic acid groups (broad SMARTS) is 1. The second-order valence-electron chi connectivity index (χ2n) is 1.34. The Morgan fingerprint density at radius 2 is 2.33 bits per heavy atom. The van der Waals surface area contributed by atoms with Gasteiger partial charge in [-0.1, -0.05) is 0 Å². The van der Waals surface area contributed by atoms with Crippen LogP contribution in [0.2, 0.25) is 0 Å². The maximum absolute atomic E-state index is 10.3. The molecule has 0 saturated heterocycles. The lowest BCUT2D eigenvalue weighted by Crippen LogP contribution is -1.99. The first kappa shape index (κ1) is 8.56. The van der Waals surface area contributed by atoms with E-state index in [9.17, 15) is 9.69 Å². The number of aliphatic hydroxyl groups is 1. The third-order valence-corrected chi connectivity index (χ3v) is 1.48. The Balaban J connectivity index is 3.56. The third-order valence-electron chi connectivity index (χ3n) is 0.609. The first-order valence-corrected chi connectivity index (χ1v) is 3.78. The van der Waals surface area contributed by atoms with Crippen molar-refractivity contribution in [1.82, 2.24) is 0 Å². The average molecular weight is 150 g/mol. The van der Waals surface area contributed by atoms with Crippen molar-refractivity contribution in [2.75, 3.05) is 6.35 Å². The topological polar surface area (TPSA) is 80.6 Å². The van der Waals surface area contributed by atoms with Crippen LogP contribution in [0.1, 0.15) is 6.42 Å². The van der Waals surface area contributed by atoms with E-state index in [1.165, 1.54) is 0 Å². The molecule has 0 aliphatic carbocycles. The van der Waals surface area contributed by atoms with Gasteiger partial charge in [-0.2, -0.15) is 0 Å². The standard InChI is InChI=1S/C4H7O4P/c5-3-9(8)2-1-4(6)7/h2,5H,1,3H2,(H,6,7). The van der Waals surface area contributed by atoms with Crippen molar-refractivity contribution in [3.8, 4) is 0 Å². The van der Waals surface area contributed by atoms with Gasteiger partial charge in [0.2, 0.25) is 0 Å². The van der Waals surface area contributed by atoms with Crippen LogP contribution >= 0.6 is 7.77 Å². The number of aliphatic carboxylic acids is 1. The molecule has 0 aliphatic rings. The highest BCUT2D eigenvalue weighted by atomic mass is 31.1. The molecule has 0 aliphatic heterocycles. The van der Waals surface area contributed by atoms with Crippen molar-refractivity contribution < 1.29 is 19.9 Å². The van der Waals surface area contributed by atoms with Gasteiger partial charge in [0.05, 0.1) is 13.6 Å². The van der Waals surface area contributed by atoms with Gasteiger partial charge >= 0.3 is 5.97 Å². The zero-order chi connectivity index (χ0) is 7.28. The van der Waals surface area contributed by atoms with Gasteiger partial charge in [0.1, 0.15) is 6.42 Å². The first-order chi connectivity index (χ1) is 4.16. The SMILES string of the molecule is O=C(O)CC=[P+]([O-])CO. The molecule has 0 spiro atoms. The van der Waals surface area contributed by atoms with Crippen molar-refractivity contribution >= 4 is 19.5 Å². The summed E-state index contributed by atoms with van der Waals surface area (Å²) in [5, 5.41) is 16.2. The molecule has 5 heteroatoms. The van der Waals surface area contributed by atoms with Crippen molar-refractivity contribution in [3.63, 3.8) is 0 Å². The number of aliphatic hydroxyl groups excluding tert-OH is 1. The molecule has 1 unspecified atom stereocenters. The molecule has 0 heterocycles. The molecule has 2 N–H and O–H groups in total. The predicted molar refractivity (Wildman–Crippen MR) is 32.3 cm³/mol. The molecule has 0 saturated carbocycles. The lowest BCUT2D eigenvalue weighted by Gasteiger charge is -1.88. The highest BCUT2D eigenvalue weighted by molar-refractivity contribution is 7.49. The number of rotatable bonds is 3. The van der Waals surface area contributed by atoms with Crippen molar-refractivity contribution in [2.45, 2.75) is 6.42 Å². The van der Waals surface area contributed by atoms with Crippen LogP contribution in [-0.2, 0) is 4.79 Å². The van der Waals surface area contributed by atoms with Gasteiger partial charge in [0.25, 0.3) is 0 Å². The van der Waals surface area contributed by atoms with Gasteiger partial charge in [-0.3, -0.25) is 4.79 Å². The van der Waals surface area contributed by atoms with E-state index in [0.29, 0.717) is 0 Å². The molecule has 4 nitrogen and oxygen atoms in total. The Kier molecular flexibility index (Phi) is 4.22. The summed E-state index contributed by atoms with van der Waals surface area (Å²) in [6, 6.07) is 0. The van der Waals surface area contributed by atoms with E-state index in [2.05, 4.69) is 0 Å². The quantitative estimate of drug-likeness (QED) is 0.504. The van der Waals surface area contributed by atoms with E-state index in [1.54, 1.807) is 0 Å². The fourth-order valence-corrected chi connectivity index (χ4v) is 0.713. The minimum absolute atomic E-state index is 0.254. The summed E-state index contributed by atoms with van der Waals surface area (Å²) in [4.78, 5) is 20.1. The molecular weight excluding hydrogens is 143 g/mol. The maximum atomic E-state index is 10.3. The molecule has 0 aromatic rings. The summed E-state index contributed by atoms with van der Waals surface area (Å²) in [6.07, 6.45) is -0.724. The van der Waals surface area contributed by atoms with Crippen LogP contribution in [0, 0.1) is 0 Å². The van der Waals surface area contributed by atoms with Crippen molar-refractivity contribution in [1.29, 1.82) is 0 Å². The zero-order valence-corrected chi connectivity index (χ0v) is 5.54. The second kappa shape index (κ2) is 4.44. The summed E-state index contributed by atoms with van der Waals surface area (Å²) in [6.45, 7) is 0. The molecule has 0 fully saturated rings. The van der Waals surface area contributed by atoms with Crippen LogP contribution in [-0.4, -0.2) is 28.3 Å². The smallest absolute Gasteiger partial charge is 0.311 e. The van der Waals surface area contributed by atoms with E-state index in [0.717, 1.165) is 5.80 Å². The summed E-state index contributed by atoms with van der Waals surface area (Å²) in [5.41, 5.74) is 0. The van der Waals surface area contributed by atoms with Crippen LogP contribution in [0.15, 0.2) is 0 Å². The lowest BCUT2D eigenvalue weighted by molar-refractivity contribution is -0.156. The summed E-state index contributed by atoms with van der Waals surface area (Å²) in [5.74, 6) is 0.0456. The van der Waals surface area contributed by atoms with E-state index in [-0.39, 0.29) is 6.42 Å². The normalized spacial score (nSPS) is 11.6. The molecular formula is C4H7O4P. The summed E-state index contributed by atoms with van der Waals surface area (Å²) >= 11 is 0. The van der Waals surface area contributed by atoms with Gasteiger partial charge in [-0.15, -0.1) is 0 Å². The zero-order valence-electron chi connectivity index (χ0n) is 4.65. The van der Waals surface area contributed by atoms with E-state index < -0.39 is 20.1 Å². The number of carboxylic acids is 1. The lowest BCUT2D eigenvalue weighted by atomic mass is 10.5. The third kappa shape index (κ3) is 5.43. The molecule has 52 valence electrons. The fourth-order valence-electron chi connectivity index (χ4n) is 0.238. The molecule has 0 bridgehead atoms. The Bertz CT molecular complexity index is 131. The van der Waals surface area contributed by atoms with Gasteiger partial charge in [-0.05, 0) is 0 Å². The first-order valence-electron chi connectivity index (χ1n) is 2.26. The number of hydrogen-bond donors (Lipinski definition) is 2. The molecule has 1 atom stereocenters. The van der Waals surface area contributed by atoms with Crippen LogP contribution < -0.4 is 4.89 Å². The molecule has 0 rings (SSSR count). The van der Waals surface area contributed by atoms with E-state index in [4.69, 9.17) is 10.2 Å². The van der Waals surface area contributed by atoms with Crippen molar-refractivity contribution in [3.05, 3.63) is 0 Å². The van der Waals surface area contributed by atoms with Gasteiger partial charge in [-0.25, -0.2) is 0 Å². The Labute approximate surface area is 53.2 Å². The van der Waals surface area contributed by atoms with Crippen LogP contribution in [0.5, 0.6) is 0 Å². The van der Waals surface area contributed by atoms with Crippen LogP contribution in [0.25, 0.3) is 0 Å².